The second-order valence-electron chi connectivity index (χ2n) is 6.69. The van der Waals surface area contributed by atoms with Gasteiger partial charge in [-0.15, -0.1) is 0 Å². The zero-order valence-corrected chi connectivity index (χ0v) is 15.3. The molecule has 0 radical (unpaired) electrons. The summed E-state index contributed by atoms with van der Waals surface area (Å²) in [5.74, 6) is 0.267. The number of nitrogens with zero attached hydrogens (tertiary/aromatic N) is 5. The fourth-order valence-electron chi connectivity index (χ4n) is 3.08. The smallest absolute Gasteiger partial charge is 0.419 e. The van der Waals surface area contributed by atoms with Crippen molar-refractivity contribution in [2.45, 2.75) is 51.6 Å². The number of amides is 1. The highest BCUT2D eigenvalue weighted by Crippen LogP contribution is 2.29. The van der Waals surface area contributed by atoms with Crippen molar-refractivity contribution in [3.63, 3.8) is 0 Å². The number of ether oxygens (including phenoxy) is 1. The van der Waals surface area contributed by atoms with Crippen molar-refractivity contribution >= 4 is 12.0 Å². The molecule has 1 aliphatic rings. The van der Waals surface area contributed by atoms with Crippen LogP contribution in [0.3, 0.4) is 0 Å². The number of hydrogen-bond donors (Lipinski definition) is 1. The van der Waals surface area contributed by atoms with E-state index in [0.717, 1.165) is 30.1 Å². The fourth-order valence-corrected chi connectivity index (χ4v) is 3.08. The van der Waals surface area contributed by atoms with Crippen LogP contribution in [0.15, 0.2) is 18.6 Å². The number of carbonyl (C=O) groups is 1. The van der Waals surface area contributed by atoms with Crippen molar-refractivity contribution in [1.82, 2.24) is 19.7 Å². The average Bonchev–Trinajstić information content (AvgIpc) is 3.02. The Morgan fingerprint density at radius 2 is 2.07 bits per heavy atom. The lowest BCUT2D eigenvalue weighted by molar-refractivity contribution is -0.138. The molecule has 3 heterocycles. The van der Waals surface area contributed by atoms with Crippen molar-refractivity contribution in [2.75, 3.05) is 11.4 Å². The van der Waals surface area contributed by atoms with Crippen molar-refractivity contribution in [3.8, 4) is 0 Å². The van der Waals surface area contributed by atoms with Gasteiger partial charge < -0.3 is 15.4 Å². The molecule has 0 aliphatic carbocycles. The van der Waals surface area contributed by atoms with E-state index >= 15 is 0 Å². The molecule has 8 nitrogen and oxygen atoms in total. The Kier molecular flexibility index (Phi) is 5.71. The highest BCUT2D eigenvalue weighted by atomic mass is 19.4. The minimum absolute atomic E-state index is 0.255. The number of hydrogen-bond acceptors (Lipinski definition) is 6. The van der Waals surface area contributed by atoms with Gasteiger partial charge in [0.25, 0.3) is 0 Å². The molecule has 0 fully saturated rings. The zero-order chi connectivity index (χ0) is 20.3. The van der Waals surface area contributed by atoms with Crippen LogP contribution in [0.4, 0.5) is 23.9 Å². The predicted molar refractivity (Wildman–Crippen MR) is 93.4 cm³/mol. The number of aromatic nitrogens is 4. The standard InChI is InChI=1S/C17H21F3N6O2/c1-11(28-15(21)27)3-2-5-26-10-12-9-25(6-4-14(12)24-26)16-22-7-13(8-23-16)17(18,19)20/h7-8,10-11H,2-6,9H2,1H3,(H2,21,27). The van der Waals surface area contributed by atoms with Gasteiger partial charge in [0.1, 0.15) is 6.10 Å². The molecule has 1 atom stereocenters. The topological polar surface area (TPSA) is 99.2 Å². The van der Waals surface area contributed by atoms with Crippen LogP contribution in [-0.4, -0.2) is 38.5 Å². The molecule has 0 aromatic carbocycles. The molecule has 2 N–H and O–H groups in total. The van der Waals surface area contributed by atoms with E-state index in [4.69, 9.17) is 10.5 Å². The average molecular weight is 398 g/mol. The maximum atomic E-state index is 12.6. The number of rotatable bonds is 6. The van der Waals surface area contributed by atoms with E-state index < -0.39 is 17.8 Å². The van der Waals surface area contributed by atoms with Gasteiger partial charge in [-0.3, -0.25) is 4.68 Å². The largest absolute Gasteiger partial charge is 0.447 e. The lowest BCUT2D eigenvalue weighted by atomic mass is 10.1. The molecule has 0 saturated heterocycles. The molecular weight excluding hydrogens is 377 g/mol. The third-order valence-corrected chi connectivity index (χ3v) is 4.47. The molecule has 3 rings (SSSR count). The van der Waals surface area contributed by atoms with Gasteiger partial charge in [0.2, 0.25) is 5.95 Å². The summed E-state index contributed by atoms with van der Waals surface area (Å²) in [6.07, 6.45) is 0.128. The Balaban J connectivity index is 1.57. The van der Waals surface area contributed by atoms with Crippen LogP contribution in [0.25, 0.3) is 0 Å². The minimum atomic E-state index is -4.45. The van der Waals surface area contributed by atoms with Crippen molar-refractivity contribution < 1.29 is 22.7 Å². The van der Waals surface area contributed by atoms with E-state index in [1.165, 1.54) is 0 Å². The van der Waals surface area contributed by atoms with Crippen LogP contribution >= 0.6 is 0 Å². The van der Waals surface area contributed by atoms with Crippen LogP contribution < -0.4 is 10.6 Å². The van der Waals surface area contributed by atoms with Crippen molar-refractivity contribution in [1.29, 1.82) is 0 Å². The van der Waals surface area contributed by atoms with Gasteiger partial charge in [-0.05, 0) is 19.8 Å². The van der Waals surface area contributed by atoms with Gasteiger partial charge >= 0.3 is 12.3 Å². The number of halogens is 3. The number of fused-ring (bicyclic) bond motifs is 1. The zero-order valence-electron chi connectivity index (χ0n) is 15.3. The SMILES string of the molecule is CC(CCCn1cc2c(n1)CCN(c1ncc(C(F)(F)F)cn1)C2)OC(N)=O. The summed E-state index contributed by atoms with van der Waals surface area (Å²) < 4.78 is 44.6. The summed E-state index contributed by atoms with van der Waals surface area (Å²) in [4.78, 5) is 20.2. The lowest BCUT2D eigenvalue weighted by Crippen LogP contribution is -2.31. The predicted octanol–water partition coefficient (Wildman–Crippen LogP) is 2.52. The van der Waals surface area contributed by atoms with E-state index in [1.54, 1.807) is 6.92 Å². The Labute approximate surface area is 159 Å². The molecule has 2 aromatic heterocycles. The van der Waals surface area contributed by atoms with Gasteiger partial charge in [0.05, 0.1) is 11.3 Å². The lowest BCUT2D eigenvalue weighted by Gasteiger charge is -2.26. The van der Waals surface area contributed by atoms with Crippen molar-refractivity contribution in [3.05, 3.63) is 35.4 Å². The van der Waals surface area contributed by atoms with Gasteiger partial charge in [-0.2, -0.15) is 18.3 Å². The van der Waals surface area contributed by atoms with Crippen molar-refractivity contribution in [2.24, 2.45) is 5.73 Å². The summed E-state index contributed by atoms with van der Waals surface area (Å²) in [6.45, 7) is 3.51. The Morgan fingerprint density at radius 1 is 1.36 bits per heavy atom. The monoisotopic (exact) mass is 398 g/mol. The molecular formula is C17H21F3N6O2. The van der Waals surface area contributed by atoms with Crippen LogP contribution in [0.1, 0.15) is 36.6 Å². The number of carbonyl (C=O) groups excluding carboxylic acids is 1. The normalized spacial score (nSPS) is 15.2. The highest BCUT2D eigenvalue weighted by molar-refractivity contribution is 5.64. The molecule has 2 aromatic rings. The number of primary amides is 1. The fraction of sp³-hybridized carbons (Fsp3) is 0.529. The van der Waals surface area contributed by atoms with Crippen LogP contribution in [0.5, 0.6) is 0 Å². The van der Waals surface area contributed by atoms with Crippen LogP contribution in [-0.2, 0) is 30.4 Å². The maximum Gasteiger partial charge on any atom is 0.419 e. The molecule has 1 unspecified atom stereocenters. The number of anilines is 1. The number of nitrogens with two attached hydrogens (primary N) is 1. The molecule has 0 saturated carbocycles. The second-order valence-corrected chi connectivity index (χ2v) is 6.69. The highest BCUT2D eigenvalue weighted by Gasteiger charge is 2.32. The first-order valence-electron chi connectivity index (χ1n) is 8.88. The summed E-state index contributed by atoms with van der Waals surface area (Å²) in [5.41, 5.74) is 6.08. The molecule has 152 valence electrons. The summed E-state index contributed by atoms with van der Waals surface area (Å²) >= 11 is 0. The maximum absolute atomic E-state index is 12.6. The quantitative estimate of drug-likeness (QED) is 0.803. The minimum Gasteiger partial charge on any atom is -0.447 e. The van der Waals surface area contributed by atoms with E-state index in [0.29, 0.717) is 32.5 Å². The third kappa shape index (κ3) is 4.90. The summed E-state index contributed by atoms with van der Waals surface area (Å²) in [6, 6.07) is 0. The van der Waals surface area contributed by atoms with E-state index in [9.17, 15) is 18.0 Å². The molecule has 0 bridgehead atoms. The molecule has 0 spiro atoms. The molecule has 1 amide bonds. The van der Waals surface area contributed by atoms with E-state index in [2.05, 4.69) is 15.1 Å². The Morgan fingerprint density at radius 3 is 2.71 bits per heavy atom. The third-order valence-electron chi connectivity index (χ3n) is 4.47. The van der Waals surface area contributed by atoms with Gasteiger partial charge in [0.15, 0.2) is 0 Å². The van der Waals surface area contributed by atoms with Crippen LogP contribution in [0.2, 0.25) is 0 Å². The Bertz CT molecular complexity index is 821. The first kappa shape index (κ1) is 19.9. The molecule has 1 aliphatic heterocycles. The summed E-state index contributed by atoms with van der Waals surface area (Å²) in [7, 11) is 0. The first-order valence-corrected chi connectivity index (χ1v) is 8.88. The van der Waals surface area contributed by atoms with Gasteiger partial charge in [-0.1, -0.05) is 0 Å². The first-order chi connectivity index (χ1) is 13.2. The second kappa shape index (κ2) is 8.03. The van der Waals surface area contributed by atoms with E-state index in [1.807, 2.05) is 15.8 Å². The molecule has 11 heteroatoms. The Hall–Kier alpha value is -2.85. The number of aryl methyl sites for hydroxylation is 1. The molecule has 28 heavy (non-hydrogen) atoms. The summed E-state index contributed by atoms with van der Waals surface area (Å²) in [5, 5.41) is 4.55. The van der Waals surface area contributed by atoms with Gasteiger partial charge in [0, 0.05) is 50.2 Å². The number of alkyl halides is 3. The van der Waals surface area contributed by atoms with E-state index in [-0.39, 0.29) is 12.1 Å². The van der Waals surface area contributed by atoms with Gasteiger partial charge in [-0.25, -0.2) is 14.8 Å². The van der Waals surface area contributed by atoms with Crippen LogP contribution in [0, 0.1) is 0 Å².